The van der Waals surface area contributed by atoms with Crippen LogP contribution in [-0.2, 0) is 32.7 Å². The standard InChI is InChI=1S/C58H112NO8P/c1-6-8-10-12-14-16-18-20-22-23-24-25-26-27-28-29-30-31-32-33-34-35-37-39-41-43-45-47-49-51-58(61)67-56(55-66-68(62,63)65-53-52-59(3,4)5)54-64-57(60)50-48-46-44-42-40-38-36-21-19-17-15-13-11-9-7-2/h21,23-24,36,56H,6-20,22,25-35,37-55H2,1-5H3/p+1/b24-23-,36-21-. The zero-order valence-electron chi connectivity index (χ0n) is 45.6. The zero-order valence-corrected chi connectivity index (χ0v) is 46.5. The number of hydrogen-bond donors (Lipinski definition) is 1. The van der Waals surface area contributed by atoms with Crippen molar-refractivity contribution >= 4 is 19.8 Å². The lowest BCUT2D eigenvalue weighted by Gasteiger charge is -2.24. The minimum Gasteiger partial charge on any atom is -0.462 e. The molecule has 9 nitrogen and oxygen atoms in total. The predicted octanol–water partition coefficient (Wildman–Crippen LogP) is 17.8. The molecule has 402 valence electrons. The number of rotatable bonds is 54. The molecular formula is C58H113NO8P+. The molecule has 0 radical (unpaired) electrons. The van der Waals surface area contributed by atoms with Gasteiger partial charge in [0, 0.05) is 12.8 Å². The van der Waals surface area contributed by atoms with E-state index in [0.717, 1.165) is 51.4 Å². The Bertz CT molecular complexity index is 1200. The van der Waals surface area contributed by atoms with Gasteiger partial charge in [-0.3, -0.25) is 18.6 Å². The highest BCUT2D eigenvalue weighted by atomic mass is 31.2. The van der Waals surface area contributed by atoms with Gasteiger partial charge < -0.3 is 18.9 Å². The molecule has 2 atom stereocenters. The third kappa shape index (κ3) is 53.8. The molecule has 0 aromatic carbocycles. The fourth-order valence-electron chi connectivity index (χ4n) is 8.42. The molecule has 0 bridgehead atoms. The molecule has 0 saturated heterocycles. The maximum Gasteiger partial charge on any atom is 0.472 e. The SMILES string of the molecule is CCCCCCCC/C=C\CCCCCCCC(=O)OCC(COP(=O)(O)OCC[N+](C)(C)C)OC(=O)CCCCCCCCCCCCCCCCCCC/C=C\CCCCCCCCCC. The van der Waals surface area contributed by atoms with E-state index in [1.807, 2.05) is 21.1 Å². The largest absolute Gasteiger partial charge is 0.472 e. The van der Waals surface area contributed by atoms with E-state index in [1.165, 1.54) is 199 Å². The third-order valence-corrected chi connectivity index (χ3v) is 13.9. The van der Waals surface area contributed by atoms with E-state index in [-0.39, 0.29) is 32.0 Å². The van der Waals surface area contributed by atoms with Crippen LogP contribution in [0.5, 0.6) is 0 Å². The van der Waals surface area contributed by atoms with Crippen LogP contribution in [0.4, 0.5) is 0 Å². The Morgan fingerprint density at radius 2 is 0.750 bits per heavy atom. The summed E-state index contributed by atoms with van der Waals surface area (Å²) in [5.41, 5.74) is 0. The Kier molecular flexibility index (Phi) is 49.3. The highest BCUT2D eigenvalue weighted by molar-refractivity contribution is 7.47. The van der Waals surface area contributed by atoms with E-state index in [0.29, 0.717) is 17.4 Å². The van der Waals surface area contributed by atoms with Gasteiger partial charge in [0.05, 0.1) is 27.7 Å². The van der Waals surface area contributed by atoms with Crippen molar-refractivity contribution in [2.24, 2.45) is 0 Å². The molecule has 0 fully saturated rings. The average Bonchev–Trinajstić information content (AvgIpc) is 3.30. The smallest absolute Gasteiger partial charge is 0.462 e. The van der Waals surface area contributed by atoms with E-state index in [2.05, 4.69) is 38.2 Å². The van der Waals surface area contributed by atoms with Crippen LogP contribution in [0.25, 0.3) is 0 Å². The number of hydrogen-bond acceptors (Lipinski definition) is 7. The molecule has 0 aliphatic heterocycles. The van der Waals surface area contributed by atoms with E-state index in [1.54, 1.807) is 0 Å². The quantitative estimate of drug-likeness (QED) is 0.0211. The van der Waals surface area contributed by atoms with Crippen molar-refractivity contribution in [1.29, 1.82) is 0 Å². The molecule has 0 aliphatic rings. The van der Waals surface area contributed by atoms with E-state index < -0.39 is 26.5 Å². The van der Waals surface area contributed by atoms with Crippen molar-refractivity contribution in [3.63, 3.8) is 0 Å². The predicted molar refractivity (Wildman–Crippen MR) is 289 cm³/mol. The first-order chi connectivity index (χ1) is 33.0. The van der Waals surface area contributed by atoms with E-state index in [9.17, 15) is 19.0 Å². The Morgan fingerprint density at radius 1 is 0.441 bits per heavy atom. The molecule has 0 rings (SSSR count). The number of phosphoric acid groups is 1. The first kappa shape index (κ1) is 66.5. The van der Waals surface area contributed by atoms with Crippen LogP contribution >= 0.6 is 7.82 Å². The van der Waals surface area contributed by atoms with Gasteiger partial charge in [-0.1, -0.05) is 231 Å². The molecule has 0 aromatic heterocycles. The Morgan fingerprint density at radius 3 is 1.09 bits per heavy atom. The van der Waals surface area contributed by atoms with Crippen molar-refractivity contribution in [1.82, 2.24) is 0 Å². The van der Waals surface area contributed by atoms with Gasteiger partial charge in [0.15, 0.2) is 6.10 Å². The number of phosphoric ester groups is 1. The number of allylic oxidation sites excluding steroid dienone is 4. The highest BCUT2D eigenvalue weighted by Crippen LogP contribution is 2.43. The summed E-state index contributed by atoms with van der Waals surface area (Å²) in [6.07, 6.45) is 59.7. The average molecular weight is 984 g/mol. The molecule has 1 N–H and O–H groups in total. The number of esters is 2. The van der Waals surface area contributed by atoms with Gasteiger partial charge in [-0.15, -0.1) is 0 Å². The second kappa shape index (κ2) is 50.4. The molecule has 0 aliphatic carbocycles. The molecule has 0 amide bonds. The van der Waals surface area contributed by atoms with E-state index in [4.69, 9.17) is 18.5 Å². The molecular weight excluding hydrogens is 870 g/mol. The monoisotopic (exact) mass is 983 g/mol. The van der Waals surface area contributed by atoms with Gasteiger partial charge >= 0.3 is 19.8 Å². The molecule has 68 heavy (non-hydrogen) atoms. The number of carbonyl (C=O) groups excluding carboxylic acids is 2. The minimum atomic E-state index is -4.38. The lowest BCUT2D eigenvalue weighted by molar-refractivity contribution is -0.870. The maximum absolute atomic E-state index is 12.8. The van der Waals surface area contributed by atoms with Gasteiger partial charge in [0.1, 0.15) is 19.8 Å². The Labute approximate surface area is 421 Å². The van der Waals surface area contributed by atoms with Gasteiger partial charge in [0.25, 0.3) is 0 Å². The lowest BCUT2D eigenvalue weighted by atomic mass is 10.0. The second-order valence-corrected chi connectivity index (χ2v) is 22.5. The lowest BCUT2D eigenvalue weighted by Crippen LogP contribution is -2.37. The third-order valence-electron chi connectivity index (χ3n) is 13.0. The summed E-state index contributed by atoms with van der Waals surface area (Å²) in [7, 11) is 1.49. The molecule has 0 heterocycles. The van der Waals surface area contributed by atoms with Crippen molar-refractivity contribution < 1.29 is 42.1 Å². The maximum atomic E-state index is 12.8. The van der Waals surface area contributed by atoms with Crippen LogP contribution in [0.1, 0.15) is 284 Å². The van der Waals surface area contributed by atoms with Gasteiger partial charge in [0.2, 0.25) is 0 Å². The summed E-state index contributed by atoms with van der Waals surface area (Å²) in [5.74, 6) is -0.794. The van der Waals surface area contributed by atoms with Crippen LogP contribution in [-0.4, -0.2) is 74.9 Å². The highest BCUT2D eigenvalue weighted by Gasteiger charge is 2.27. The number of likely N-dealkylation sites (N-methyl/N-ethyl adjacent to an activating group) is 1. The molecule has 2 unspecified atom stereocenters. The van der Waals surface area contributed by atoms with Crippen molar-refractivity contribution in [2.75, 3.05) is 47.5 Å². The first-order valence-corrected chi connectivity index (χ1v) is 30.6. The number of unbranched alkanes of at least 4 members (excludes halogenated alkanes) is 36. The van der Waals surface area contributed by atoms with Gasteiger partial charge in [-0.25, -0.2) is 4.57 Å². The zero-order chi connectivity index (χ0) is 49.9. The minimum absolute atomic E-state index is 0.0328. The summed E-state index contributed by atoms with van der Waals surface area (Å²) in [6, 6.07) is 0. The summed E-state index contributed by atoms with van der Waals surface area (Å²) in [4.78, 5) is 35.6. The van der Waals surface area contributed by atoms with Crippen molar-refractivity contribution in [3.05, 3.63) is 24.3 Å². The topological polar surface area (TPSA) is 108 Å². The van der Waals surface area contributed by atoms with Crippen LogP contribution in [0.15, 0.2) is 24.3 Å². The van der Waals surface area contributed by atoms with E-state index >= 15 is 0 Å². The molecule has 10 heteroatoms. The Balaban J connectivity index is 4.06. The summed E-state index contributed by atoms with van der Waals surface area (Å²) in [6.45, 7) is 4.46. The van der Waals surface area contributed by atoms with Crippen molar-refractivity contribution in [2.45, 2.75) is 290 Å². The normalized spacial score (nSPS) is 13.4. The summed E-state index contributed by atoms with van der Waals surface area (Å²) in [5, 5.41) is 0. The summed E-state index contributed by atoms with van der Waals surface area (Å²) >= 11 is 0. The van der Waals surface area contributed by atoms with Crippen molar-refractivity contribution in [3.8, 4) is 0 Å². The number of nitrogens with zero attached hydrogens (tertiary/aromatic N) is 1. The number of ether oxygens (including phenoxy) is 2. The van der Waals surface area contributed by atoms with Crippen LogP contribution in [0, 0.1) is 0 Å². The molecule has 0 spiro atoms. The molecule has 0 saturated carbocycles. The van der Waals surface area contributed by atoms with Gasteiger partial charge in [-0.05, 0) is 64.2 Å². The molecule has 0 aromatic rings. The Hall–Kier alpha value is -1.51. The van der Waals surface area contributed by atoms with Gasteiger partial charge in [-0.2, -0.15) is 0 Å². The second-order valence-electron chi connectivity index (χ2n) is 21.0. The fourth-order valence-corrected chi connectivity index (χ4v) is 9.16. The first-order valence-electron chi connectivity index (χ1n) is 29.1. The summed E-state index contributed by atoms with van der Waals surface area (Å²) < 4.78 is 34.5. The fraction of sp³-hybridized carbons (Fsp3) is 0.897. The van der Waals surface area contributed by atoms with Crippen LogP contribution < -0.4 is 0 Å². The number of carbonyl (C=O) groups is 2. The van der Waals surface area contributed by atoms with Crippen LogP contribution in [0.3, 0.4) is 0 Å². The number of quaternary nitrogens is 1. The van der Waals surface area contributed by atoms with Crippen LogP contribution in [0.2, 0.25) is 0 Å².